The van der Waals surface area contributed by atoms with Crippen LogP contribution >= 0.6 is 0 Å². The zero-order valence-corrected chi connectivity index (χ0v) is 11.7. The van der Waals surface area contributed by atoms with Crippen molar-refractivity contribution in [1.82, 2.24) is 5.32 Å². The first-order valence-electron chi connectivity index (χ1n) is 7.10. The van der Waals surface area contributed by atoms with Crippen LogP contribution < -0.4 is 5.32 Å². The normalized spacial score (nSPS) is 27.2. The van der Waals surface area contributed by atoms with Crippen LogP contribution in [0.1, 0.15) is 44.7 Å². The van der Waals surface area contributed by atoms with E-state index in [0.29, 0.717) is 6.04 Å². The number of hydrogen-bond donors (Lipinski definition) is 1. The van der Waals surface area contributed by atoms with Crippen LogP contribution in [-0.2, 0) is 5.41 Å². The monoisotopic (exact) mass is 241 g/mol. The van der Waals surface area contributed by atoms with Gasteiger partial charge in [0.1, 0.15) is 0 Å². The van der Waals surface area contributed by atoms with Crippen LogP contribution in [0, 0.1) is 5.92 Å². The fourth-order valence-corrected chi connectivity index (χ4v) is 3.13. The molecule has 1 aromatic rings. The quantitative estimate of drug-likeness (QED) is 0.789. The predicted molar refractivity (Wildman–Crippen MR) is 77.6 cm³/mol. The summed E-state index contributed by atoms with van der Waals surface area (Å²) in [5.74, 6) is 0.732. The van der Waals surface area contributed by atoms with Gasteiger partial charge in [0.2, 0.25) is 0 Å². The van der Waals surface area contributed by atoms with Crippen molar-refractivity contribution >= 4 is 5.57 Å². The smallest absolute Gasteiger partial charge is 0.0256 e. The fraction of sp³-hybridized carbons (Fsp3) is 0.529. The van der Waals surface area contributed by atoms with Crippen molar-refractivity contribution in [3.63, 3.8) is 0 Å². The summed E-state index contributed by atoms with van der Waals surface area (Å²) in [5.41, 5.74) is 4.68. The summed E-state index contributed by atoms with van der Waals surface area (Å²) >= 11 is 0. The molecule has 0 saturated carbocycles. The Kier molecular flexibility index (Phi) is 2.82. The van der Waals surface area contributed by atoms with Gasteiger partial charge in [0.25, 0.3) is 0 Å². The molecule has 3 aliphatic rings. The highest BCUT2D eigenvalue weighted by Gasteiger charge is 2.29. The Balaban J connectivity index is 1.90. The first-order chi connectivity index (χ1) is 8.54. The highest BCUT2D eigenvalue weighted by molar-refractivity contribution is 5.70. The van der Waals surface area contributed by atoms with Crippen molar-refractivity contribution < 1.29 is 0 Å². The Morgan fingerprint density at radius 1 is 1.06 bits per heavy atom. The SMILES string of the molecule is CC(C)(C)c1ccc(C2=C[C@H]3CC[C@@H]2CN3)cc1. The average Bonchev–Trinajstić information content (AvgIpc) is 2.39. The molecule has 1 N–H and O–H groups in total. The minimum atomic E-state index is 0.250. The van der Waals surface area contributed by atoms with Crippen LogP contribution in [0.25, 0.3) is 5.57 Å². The van der Waals surface area contributed by atoms with Crippen LogP contribution in [0.15, 0.2) is 30.3 Å². The van der Waals surface area contributed by atoms with E-state index in [1.54, 1.807) is 5.57 Å². The Bertz CT molecular complexity index is 453. The lowest BCUT2D eigenvalue weighted by atomic mass is 9.77. The van der Waals surface area contributed by atoms with Gasteiger partial charge in [0.05, 0.1) is 0 Å². The van der Waals surface area contributed by atoms with Gasteiger partial charge in [-0.1, -0.05) is 51.1 Å². The molecule has 1 aliphatic carbocycles. The van der Waals surface area contributed by atoms with Crippen molar-refractivity contribution in [3.8, 4) is 0 Å². The Hall–Kier alpha value is -1.08. The van der Waals surface area contributed by atoms with E-state index in [0.717, 1.165) is 12.5 Å². The first kappa shape index (κ1) is 12.0. The highest BCUT2D eigenvalue weighted by atomic mass is 14.9. The van der Waals surface area contributed by atoms with Gasteiger partial charge < -0.3 is 5.32 Å². The van der Waals surface area contributed by atoms with Gasteiger partial charge in [-0.05, 0) is 40.9 Å². The summed E-state index contributed by atoms with van der Waals surface area (Å²) in [6.45, 7) is 7.98. The van der Waals surface area contributed by atoms with Gasteiger partial charge in [-0.15, -0.1) is 0 Å². The van der Waals surface area contributed by atoms with Gasteiger partial charge >= 0.3 is 0 Å². The highest BCUT2D eigenvalue weighted by Crippen LogP contribution is 2.36. The maximum absolute atomic E-state index is 3.58. The molecule has 1 nitrogen and oxygen atoms in total. The molecule has 2 atom stereocenters. The summed E-state index contributed by atoms with van der Waals surface area (Å²) in [5, 5.41) is 3.58. The molecular formula is C17H23N. The van der Waals surface area contributed by atoms with Gasteiger partial charge in [-0.25, -0.2) is 0 Å². The number of piperidine rings is 1. The Morgan fingerprint density at radius 3 is 2.22 bits per heavy atom. The number of benzene rings is 1. The van der Waals surface area contributed by atoms with E-state index in [9.17, 15) is 0 Å². The molecule has 4 rings (SSSR count). The van der Waals surface area contributed by atoms with Crippen molar-refractivity contribution in [3.05, 3.63) is 41.5 Å². The second-order valence-corrected chi connectivity index (χ2v) is 6.74. The molecule has 0 unspecified atom stereocenters. The summed E-state index contributed by atoms with van der Waals surface area (Å²) in [6, 6.07) is 9.84. The number of fused-ring (bicyclic) bond motifs is 2. The molecule has 1 fully saturated rings. The lowest BCUT2D eigenvalue weighted by Gasteiger charge is -2.36. The van der Waals surface area contributed by atoms with Gasteiger partial charge in [-0.2, -0.15) is 0 Å². The molecule has 1 saturated heterocycles. The summed E-state index contributed by atoms with van der Waals surface area (Å²) < 4.78 is 0. The van der Waals surface area contributed by atoms with Gasteiger partial charge in [0.15, 0.2) is 0 Å². The zero-order valence-electron chi connectivity index (χ0n) is 11.7. The molecule has 1 aromatic carbocycles. The van der Waals surface area contributed by atoms with Crippen LogP contribution in [-0.4, -0.2) is 12.6 Å². The fourth-order valence-electron chi connectivity index (χ4n) is 3.13. The van der Waals surface area contributed by atoms with Crippen LogP contribution in [0.3, 0.4) is 0 Å². The van der Waals surface area contributed by atoms with Crippen molar-refractivity contribution in [2.75, 3.05) is 6.54 Å². The van der Waals surface area contributed by atoms with E-state index < -0.39 is 0 Å². The van der Waals surface area contributed by atoms with Gasteiger partial charge in [0, 0.05) is 12.6 Å². The first-order valence-corrected chi connectivity index (χ1v) is 7.10. The predicted octanol–water partition coefficient (Wildman–Crippen LogP) is 3.75. The lowest BCUT2D eigenvalue weighted by Crippen LogP contribution is -2.42. The molecule has 18 heavy (non-hydrogen) atoms. The number of nitrogens with one attached hydrogen (secondary N) is 1. The Labute approximate surface area is 110 Å². The van der Waals surface area contributed by atoms with Crippen LogP contribution in [0.2, 0.25) is 0 Å². The van der Waals surface area contributed by atoms with Crippen molar-refractivity contribution in [1.29, 1.82) is 0 Å². The molecule has 96 valence electrons. The third-order valence-electron chi connectivity index (χ3n) is 4.36. The second kappa shape index (κ2) is 4.24. The molecule has 2 bridgehead atoms. The number of rotatable bonds is 1. The molecular weight excluding hydrogens is 218 g/mol. The molecule has 0 amide bonds. The lowest BCUT2D eigenvalue weighted by molar-refractivity contribution is 0.375. The standard InChI is InChI=1S/C17H23N/c1-17(2,3)14-7-4-12(5-8-14)16-10-15-9-6-13(16)11-18-15/h4-5,7-8,10,13,15,18H,6,9,11H2,1-3H3/t13-,15-/m1/s1. The topological polar surface area (TPSA) is 12.0 Å². The zero-order chi connectivity index (χ0) is 12.8. The summed E-state index contributed by atoms with van der Waals surface area (Å²) in [6.07, 6.45) is 5.11. The second-order valence-electron chi connectivity index (χ2n) is 6.74. The molecule has 0 aromatic heterocycles. The Morgan fingerprint density at radius 2 is 1.78 bits per heavy atom. The summed E-state index contributed by atoms with van der Waals surface area (Å²) in [7, 11) is 0. The van der Waals surface area contributed by atoms with E-state index in [1.165, 1.54) is 24.0 Å². The third-order valence-corrected chi connectivity index (χ3v) is 4.36. The maximum Gasteiger partial charge on any atom is 0.0256 e. The van der Waals surface area contributed by atoms with Crippen molar-refractivity contribution in [2.45, 2.75) is 45.1 Å². The molecule has 1 heteroatoms. The third kappa shape index (κ3) is 2.12. The minimum Gasteiger partial charge on any atom is -0.310 e. The van der Waals surface area contributed by atoms with E-state index in [1.807, 2.05) is 0 Å². The number of hydrogen-bond acceptors (Lipinski definition) is 1. The minimum absolute atomic E-state index is 0.250. The largest absolute Gasteiger partial charge is 0.310 e. The molecule has 0 spiro atoms. The maximum atomic E-state index is 3.58. The summed E-state index contributed by atoms with van der Waals surface area (Å²) in [4.78, 5) is 0. The van der Waals surface area contributed by atoms with Crippen LogP contribution in [0.4, 0.5) is 0 Å². The average molecular weight is 241 g/mol. The van der Waals surface area contributed by atoms with Crippen molar-refractivity contribution in [2.24, 2.45) is 5.92 Å². The van der Waals surface area contributed by atoms with E-state index >= 15 is 0 Å². The molecule has 0 radical (unpaired) electrons. The molecule has 2 heterocycles. The van der Waals surface area contributed by atoms with Crippen LogP contribution in [0.5, 0.6) is 0 Å². The van der Waals surface area contributed by atoms with E-state index in [-0.39, 0.29) is 5.41 Å². The van der Waals surface area contributed by atoms with E-state index in [4.69, 9.17) is 0 Å². The van der Waals surface area contributed by atoms with Gasteiger partial charge in [-0.3, -0.25) is 0 Å². The molecule has 2 aliphatic heterocycles. The van der Waals surface area contributed by atoms with E-state index in [2.05, 4.69) is 56.4 Å².